The number of nitrogens with zero attached hydrogens (tertiary/aromatic N) is 1. The summed E-state index contributed by atoms with van der Waals surface area (Å²) in [5, 5.41) is 11.9. The molecule has 4 atom stereocenters. The van der Waals surface area contributed by atoms with Crippen molar-refractivity contribution < 1.29 is 19.5 Å². The molecule has 0 aromatic heterocycles. The van der Waals surface area contributed by atoms with Crippen molar-refractivity contribution in [3.63, 3.8) is 0 Å². The van der Waals surface area contributed by atoms with Crippen LogP contribution in [0.2, 0.25) is 0 Å². The molecule has 21 heavy (non-hydrogen) atoms. The molecule has 2 fully saturated rings. The highest BCUT2D eigenvalue weighted by Crippen LogP contribution is 2.36. The molecule has 1 aliphatic carbocycles. The smallest absolute Gasteiger partial charge is 0.307 e. The van der Waals surface area contributed by atoms with Gasteiger partial charge in [-0.05, 0) is 38.5 Å². The van der Waals surface area contributed by atoms with Gasteiger partial charge in [-0.3, -0.25) is 14.4 Å². The maximum Gasteiger partial charge on any atom is 0.307 e. The number of carbonyl (C=O) groups excluding carboxylic acids is 2. The molecule has 2 amide bonds. The molecule has 1 saturated heterocycles. The Hall–Kier alpha value is -1.59. The highest BCUT2D eigenvalue weighted by Gasteiger charge is 2.41. The van der Waals surface area contributed by atoms with Crippen molar-refractivity contribution in [1.29, 1.82) is 0 Å². The van der Waals surface area contributed by atoms with Crippen LogP contribution in [-0.2, 0) is 14.4 Å². The van der Waals surface area contributed by atoms with Gasteiger partial charge < -0.3 is 15.3 Å². The zero-order chi connectivity index (χ0) is 15.6. The normalized spacial score (nSPS) is 30.2. The molecular formula is C15H24N2O4. The van der Waals surface area contributed by atoms with Gasteiger partial charge in [0, 0.05) is 13.1 Å². The molecule has 2 aliphatic rings. The molecule has 0 bridgehead atoms. The van der Waals surface area contributed by atoms with Crippen molar-refractivity contribution in [2.45, 2.75) is 45.6 Å². The number of amides is 2. The van der Waals surface area contributed by atoms with Crippen LogP contribution < -0.4 is 5.32 Å². The predicted octanol–water partition coefficient (Wildman–Crippen LogP) is 0.860. The fraction of sp³-hybridized carbons (Fsp3) is 0.800. The highest BCUT2D eigenvalue weighted by molar-refractivity contribution is 5.90. The lowest BCUT2D eigenvalue weighted by atomic mass is 9.95. The van der Waals surface area contributed by atoms with Gasteiger partial charge in [0.25, 0.3) is 0 Å². The molecule has 0 aromatic carbocycles. The molecule has 1 heterocycles. The van der Waals surface area contributed by atoms with Gasteiger partial charge in [-0.1, -0.05) is 6.92 Å². The van der Waals surface area contributed by atoms with E-state index in [1.54, 1.807) is 11.8 Å². The number of aliphatic carboxylic acids is 1. The maximum atomic E-state index is 12.3. The Morgan fingerprint density at radius 2 is 1.71 bits per heavy atom. The van der Waals surface area contributed by atoms with Crippen LogP contribution in [0.25, 0.3) is 0 Å². The first-order valence-electron chi connectivity index (χ1n) is 7.72. The zero-order valence-corrected chi connectivity index (χ0v) is 12.7. The number of hydrogen-bond donors (Lipinski definition) is 2. The number of hydrogen-bond acceptors (Lipinski definition) is 3. The Morgan fingerprint density at radius 3 is 2.29 bits per heavy atom. The Balaban J connectivity index is 1.93. The van der Waals surface area contributed by atoms with Gasteiger partial charge in [-0.25, -0.2) is 0 Å². The van der Waals surface area contributed by atoms with E-state index in [0.717, 1.165) is 25.9 Å². The number of nitrogens with one attached hydrogen (secondary N) is 1. The van der Waals surface area contributed by atoms with Gasteiger partial charge >= 0.3 is 5.97 Å². The minimum absolute atomic E-state index is 0.0706. The molecule has 2 rings (SSSR count). The van der Waals surface area contributed by atoms with Crippen LogP contribution in [0.4, 0.5) is 0 Å². The van der Waals surface area contributed by atoms with Crippen molar-refractivity contribution in [2.75, 3.05) is 13.1 Å². The van der Waals surface area contributed by atoms with Crippen LogP contribution in [-0.4, -0.2) is 46.9 Å². The van der Waals surface area contributed by atoms with E-state index < -0.39 is 23.8 Å². The van der Waals surface area contributed by atoms with E-state index in [1.807, 2.05) is 6.92 Å². The Bertz CT molecular complexity index is 431. The standard InChI is InChI=1S/C15H24N2O4/c1-9-7-11(12(8-9)15(20)21)13(18)16-10(2)14(19)17-5-3-4-6-17/h9-12H,3-8H2,1-2H3,(H,16,18)(H,20,21). The second-order valence-electron chi connectivity index (χ2n) is 6.39. The molecule has 0 aromatic rings. The van der Waals surface area contributed by atoms with E-state index in [1.165, 1.54) is 0 Å². The average molecular weight is 296 g/mol. The molecule has 1 saturated carbocycles. The summed E-state index contributed by atoms with van der Waals surface area (Å²) >= 11 is 0. The highest BCUT2D eigenvalue weighted by atomic mass is 16.4. The van der Waals surface area contributed by atoms with E-state index in [9.17, 15) is 19.5 Å². The Morgan fingerprint density at radius 1 is 1.14 bits per heavy atom. The first-order valence-corrected chi connectivity index (χ1v) is 7.72. The second-order valence-corrected chi connectivity index (χ2v) is 6.39. The molecule has 1 aliphatic heterocycles. The number of carbonyl (C=O) groups is 3. The number of carboxylic acid groups (broad SMARTS) is 1. The predicted molar refractivity (Wildman–Crippen MR) is 76.4 cm³/mol. The van der Waals surface area contributed by atoms with E-state index in [4.69, 9.17) is 0 Å². The van der Waals surface area contributed by atoms with E-state index in [2.05, 4.69) is 5.32 Å². The largest absolute Gasteiger partial charge is 0.481 e. The van der Waals surface area contributed by atoms with Crippen LogP contribution in [0.1, 0.15) is 39.5 Å². The molecule has 6 heteroatoms. The van der Waals surface area contributed by atoms with Crippen molar-refractivity contribution in [2.24, 2.45) is 17.8 Å². The van der Waals surface area contributed by atoms with Crippen molar-refractivity contribution in [3.05, 3.63) is 0 Å². The SMILES string of the molecule is CC1CC(C(=O)O)C(C(=O)NC(C)C(=O)N2CCCC2)C1. The third-order valence-electron chi connectivity index (χ3n) is 4.60. The summed E-state index contributed by atoms with van der Waals surface area (Å²) < 4.78 is 0. The lowest BCUT2D eigenvalue weighted by Gasteiger charge is -2.23. The van der Waals surface area contributed by atoms with Crippen LogP contribution in [0.5, 0.6) is 0 Å². The fourth-order valence-electron chi connectivity index (χ4n) is 3.45. The minimum Gasteiger partial charge on any atom is -0.481 e. The molecule has 0 spiro atoms. The molecule has 4 unspecified atom stereocenters. The topological polar surface area (TPSA) is 86.7 Å². The molecular weight excluding hydrogens is 272 g/mol. The maximum absolute atomic E-state index is 12.3. The van der Waals surface area contributed by atoms with Crippen LogP contribution in [0.3, 0.4) is 0 Å². The van der Waals surface area contributed by atoms with Gasteiger partial charge in [-0.15, -0.1) is 0 Å². The average Bonchev–Trinajstić information content (AvgIpc) is 3.06. The van der Waals surface area contributed by atoms with Gasteiger partial charge in [0.2, 0.25) is 11.8 Å². The summed E-state index contributed by atoms with van der Waals surface area (Å²) in [5.41, 5.74) is 0. The van der Waals surface area contributed by atoms with Crippen molar-refractivity contribution in [3.8, 4) is 0 Å². The van der Waals surface area contributed by atoms with Crippen molar-refractivity contribution >= 4 is 17.8 Å². The lowest BCUT2D eigenvalue weighted by Crippen LogP contribution is -2.48. The summed E-state index contributed by atoms with van der Waals surface area (Å²) in [6.07, 6.45) is 3.12. The minimum atomic E-state index is -0.918. The number of carboxylic acids is 1. The number of likely N-dealkylation sites (tertiary alicyclic amines) is 1. The van der Waals surface area contributed by atoms with Crippen molar-refractivity contribution in [1.82, 2.24) is 10.2 Å². The third-order valence-corrected chi connectivity index (χ3v) is 4.60. The molecule has 118 valence electrons. The first kappa shape index (κ1) is 15.8. The third kappa shape index (κ3) is 3.54. The Labute approximate surface area is 124 Å². The number of rotatable bonds is 4. The van der Waals surface area contributed by atoms with Gasteiger partial charge in [-0.2, -0.15) is 0 Å². The van der Waals surface area contributed by atoms with Crippen LogP contribution in [0.15, 0.2) is 0 Å². The first-order chi connectivity index (χ1) is 9.90. The quantitative estimate of drug-likeness (QED) is 0.805. The summed E-state index contributed by atoms with van der Waals surface area (Å²) in [5.74, 6) is -2.21. The summed E-state index contributed by atoms with van der Waals surface area (Å²) in [6, 6.07) is -0.582. The zero-order valence-electron chi connectivity index (χ0n) is 12.7. The van der Waals surface area contributed by atoms with Gasteiger partial charge in [0.15, 0.2) is 0 Å². The lowest BCUT2D eigenvalue weighted by molar-refractivity contribution is -0.146. The summed E-state index contributed by atoms with van der Waals surface area (Å²) in [7, 11) is 0. The van der Waals surface area contributed by atoms with Gasteiger partial charge in [0.05, 0.1) is 11.8 Å². The summed E-state index contributed by atoms with van der Waals surface area (Å²) in [6.45, 7) is 5.13. The van der Waals surface area contributed by atoms with E-state index >= 15 is 0 Å². The van der Waals surface area contributed by atoms with Crippen LogP contribution >= 0.6 is 0 Å². The van der Waals surface area contributed by atoms with E-state index in [0.29, 0.717) is 12.8 Å². The molecule has 0 radical (unpaired) electrons. The second kappa shape index (κ2) is 6.45. The van der Waals surface area contributed by atoms with Crippen LogP contribution in [0, 0.1) is 17.8 Å². The monoisotopic (exact) mass is 296 g/mol. The Kier molecular flexibility index (Phi) is 4.85. The molecule has 2 N–H and O–H groups in total. The fourth-order valence-corrected chi connectivity index (χ4v) is 3.45. The molecule has 6 nitrogen and oxygen atoms in total. The summed E-state index contributed by atoms with van der Waals surface area (Å²) in [4.78, 5) is 37.5. The van der Waals surface area contributed by atoms with Gasteiger partial charge in [0.1, 0.15) is 6.04 Å². The van der Waals surface area contributed by atoms with E-state index in [-0.39, 0.29) is 17.7 Å².